The Morgan fingerprint density at radius 1 is 1.15 bits per heavy atom. The third-order valence-corrected chi connectivity index (χ3v) is 5.75. The van der Waals surface area contributed by atoms with E-state index in [1.807, 2.05) is 47.4 Å². The number of carbonyl (C=O) groups is 1. The molecule has 1 amide bonds. The van der Waals surface area contributed by atoms with Gasteiger partial charge in [0, 0.05) is 34.9 Å². The normalized spacial score (nSPS) is 19.7. The van der Waals surface area contributed by atoms with Gasteiger partial charge in [0.05, 0.1) is 6.04 Å². The fourth-order valence-corrected chi connectivity index (χ4v) is 4.47. The molecule has 1 fully saturated rings. The van der Waals surface area contributed by atoms with Crippen LogP contribution in [-0.2, 0) is 16.6 Å². The fourth-order valence-electron chi connectivity index (χ4n) is 3.82. The highest BCUT2D eigenvalue weighted by Gasteiger charge is 2.31. The molecule has 0 radical (unpaired) electrons. The van der Waals surface area contributed by atoms with Crippen LogP contribution in [0.5, 0.6) is 11.5 Å². The van der Waals surface area contributed by atoms with Gasteiger partial charge >= 0.3 is 0 Å². The van der Waals surface area contributed by atoms with E-state index in [0.29, 0.717) is 24.5 Å². The van der Waals surface area contributed by atoms with Gasteiger partial charge in [-0.25, -0.2) is 0 Å². The Morgan fingerprint density at radius 2 is 1.96 bits per heavy atom. The molecule has 0 aromatic heterocycles. The zero-order chi connectivity index (χ0) is 18.8. The van der Waals surface area contributed by atoms with Crippen LogP contribution in [0.2, 0.25) is 0 Å². The van der Waals surface area contributed by atoms with E-state index in [-0.39, 0.29) is 11.9 Å². The van der Waals surface area contributed by atoms with Crippen molar-refractivity contribution in [2.24, 2.45) is 0 Å². The third kappa shape index (κ3) is 3.86. The van der Waals surface area contributed by atoms with E-state index < -0.39 is 10.8 Å². The average Bonchev–Trinajstić information content (AvgIpc) is 3.16. The van der Waals surface area contributed by atoms with Crippen molar-refractivity contribution >= 4 is 16.7 Å². The molecule has 2 unspecified atom stereocenters. The number of nitrogens with zero attached hydrogens (tertiary/aromatic N) is 1. The quantitative estimate of drug-likeness (QED) is 0.810. The van der Waals surface area contributed by atoms with Crippen LogP contribution >= 0.6 is 0 Å². The first kappa shape index (κ1) is 18.0. The molecule has 2 aromatic carbocycles. The molecular formula is C21H23NO4S. The largest absolute Gasteiger partial charge is 0.486 e. The van der Waals surface area contributed by atoms with Gasteiger partial charge < -0.3 is 14.4 Å². The van der Waals surface area contributed by atoms with Gasteiger partial charge in [0.15, 0.2) is 11.5 Å². The molecule has 0 N–H and O–H groups in total. The third-order valence-electron chi connectivity index (χ3n) is 5.01. The highest BCUT2D eigenvalue weighted by atomic mass is 32.2. The minimum Gasteiger partial charge on any atom is -0.486 e. The van der Waals surface area contributed by atoms with Gasteiger partial charge in [0.1, 0.15) is 13.2 Å². The van der Waals surface area contributed by atoms with Crippen LogP contribution in [0, 0.1) is 0 Å². The lowest BCUT2D eigenvalue weighted by Crippen LogP contribution is -2.30. The number of rotatable bonds is 4. The van der Waals surface area contributed by atoms with E-state index in [1.165, 1.54) is 0 Å². The van der Waals surface area contributed by atoms with Crippen LogP contribution in [0.1, 0.15) is 40.4 Å². The van der Waals surface area contributed by atoms with Crippen molar-refractivity contribution in [3.8, 4) is 11.5 Å². The fraction of sp³-hybridized carbons (Fsp3) is 0.381. The molecule has 0 aliphatic carbocycles. The number of ether oxygens (including phenoxy) is 2. The molecule has 0 bridgehead atoms. The lowest BCUT2D eigenvalue weighted by molar-refractivity contribution is 0.0735. The van der Waals surface area contributed by atoms with Crippen molar-refractivity contribution in [1.29, 1.82) is 0 Å². The summed E-state index contributed by atoms with van der Waals surface area (Å²) in [6.45, 7) is 1.86. The number of fused-ring (bicyclic) bond motifs is 1. The molecule has 27 heavy (non-hydrogen) atoms. The minimum absolute atomic E-state index is 0.0242. The Labute approximate surface area is 161 Å². The van der Waals surface area contributed by atoms with Gasteiger partial charge in [0.25, 0.3) is 5.91 Å². The maximum atomic E-state index is 13.2. The van der Waals surface area contributed by atoms with Gasteiger partial charge in [-0.2, -0.15) is 0 Å². The van der Waals surface area contributed by atoms with Gasteiger partial charge in [-0.05, 0) is 48.2 Å². The minimum atomic E-state index is -0.929. The van der Waals surface area contributed by atoms with E-state index in [0.717, 1.165) is 42.0 Å². The van der Waals surface area contributed by atoms with Gasteiger partial charge in [0.2, 0.25) is 0 Å². The van der Waals surface area contributed by atoms with Crippen molar-refractivity contribution in [2.75, 3.05) is 26.0 Å². The average molecular weight is 385 g/mol. The summed E-state index contributed by atoms with van der Waals surface area (Å²) in [5.74, 6) is 2.01. The Morgan fingerprint density at radius 3 is 2.78 bits per heavy atom. The molecule has 5 nitrogen and oxygen atoms in total. The molecule has 2 aliphatic rings. The predicted molar refractivity (Wildman–Crippen MR) is 105 cm³/mol. The number of likely N-dealkylation sites (tertiary alicyclic amines) is 1. The molecule has 0 saturated carbocycles. The molecule has 2 atom stereocenters. The SMILES string of the molecule is CS(=O)Cc1cccc(C(=O)N2CCCC2c2ccc3c(c2)OCCO3)c1. The second-order valence-electron chi connectivity index (χ2n) is 6.98. The molecule has 0 spiro atoms. The lowest BCUT2D eigenvalue weighted by atomic mass is 10.0. The second-order valence-corrected chi connectivity index (χ2v) is 8.41. The zero-order valence-corrected chi connectivity index (χ0v) is 16.2. The second kappa shape index (κ2) is 7.72. The Bertz CT molecular complexity index is 882. The number of amides is 1. The molecule has 2 aromatic rings. The highest BCUT2D eigenvalue weighted by Crippen LogP contribution is 2.38. The van der Waals surface area contributed by atoms with E-state index in [2.05, 4.69) is 0 Å². The molecular weight excluding hydrogens is 362 g/mol. The van der Waals surface area contributed by atoms with Crippen LogP contribution in [0.3, 0.4) is 0 Å². The summed E-state index contributed by atoms with van der Waals surface area (Å²) in [4.78, 5) is 15.1. The summed E-state index contributed by atoms with van der Waals surface area (Å²) in [5.41, 5.74) is 2.66. The van der Waals surface area contributed by atoms with Crippen LogP contribution in [0.25, 0.3) is 0 Å². The van der Waals surface area contributed by atoms with Gasteiger partial charge in [-0.3, -0.25) is 9.00 Å². The molecule has 6 heteroatoms. The first-order valence-electron chi connectivity index (χ1n) is 9.21. The van der Waals surface area contributed by atoms with Crippen molar-refractivity contribution in [3.05, 3.63) is 59.2 Å². The van der Waals surface area contributed by atoms with E-state index in [4.69, 9.17) is 9.47 Å². The first-order chi connectivity index (χ1) is 13.1. The number of carbonyl (C=O) groups excluding carboxylic acids is 1. The summed E-state index contributed by atoms with van der Waals surface area (Å²) in [6, 6.07) is 13.5. The Hall–Kier alpha value is -2.34. The van der Waals surface area contributed by atoms with E-state index in [9.17, 15) is 9.00 Å². The zero-order valence-electron chi connectivity index (χ0n) is 15.3. The van der Waals surface area contributed by atoms with Crippen LogP contribution in [-0.4, -0.2) is 41.0 Å². The highest BCUT2D eigenvalue weighted by molar-refractivity contribution is 7.83. The topological polar surface area (TPSA) is 55.8 Å². The van der Waals surface area contributed by atoms with Crippen molar-refractivity contribution in [2.45, 2.75) is 24.6 Å². The molecule has 1 saturated heterocycles. The van der Waals surface area contributed by atoms with Crippen LogP contribution in [0.4, 0.5) is 0 Å². The number of hydrogen-bond donors (Lipinski definition) is 0. The van der Waals surface area contributed by atoms with Gasteiger partial charge in [-0.15, -0.1) is 0 Å². The number of benzene rings is 2. The monoisotopic (exact) mass is 385 g/mol. The standard InChI is InChI=1S/C21H23NO4S/c1-27(24)14-15-4-2-5-17(12-15)21(23)22-9-3-6-18(22)16-7-8-19-20(13-16)26-11-10-25-19/h2,4-5,7-8,12-13,18H,3,6,9-11,14H2,1H3. The van der Waals surface area contributed by atoms with Crippen molar-refractivity contribution in [3.63, 3.8) is 0 Å². The summed E-state index contributed by atoms with van der Waals surface area (Å²) < 4.78 is 22.8. The van der Waals surface area contributed by atoms with Crippen molar-refractivity contribution in [1.82, 2.24) is 4.90 Å². The lowest BCUT2D eigenvalue weighted by Gasteiger charge is -2.27. The summed E-state index contributed by atoms with van der Waals surface area (Å²) in [7, 11) is -0.929. The van der Waals surface area contributed by atoms with Gasteiger partial charge in [-0.1, -0.05) is 18.2 Å². The van der Waals surface area contributed by atoms with Crippen LogP contribution in [0.15, 0.2) is 42.5 Å². The van der Waals surface area contributed by atoms with E-state index >= 15 is 0 Å². The Balaban J connectivity index is 1.58. The first-order valence-corrected chi connectivity index (χ1v) is 10.9. The van der Waals surface area contributed by atoms with Crippen LogP contribution < -0.4 is 9.47 Å². The summed E-state index contributed by atoms with van der Waals surface area (Å²) >= 11 is 0. The summed E-state index contributed by atoms with van der Waals surface area (Å²) in [6.07, 6.45) is 3.58. The molecule has 2 heterocycles. The molecule has 142 valence electrons. The summed E-state index contributed by atoms with van der Waals surface area (Å²) in [5, 5.41) is 0. The predicted octanol–water partition coefficient (Wildman–Crippen LogP) is 3.31. The maximum absolute atomic E-state index is 13.2. The Kier molecular flexibility index (Phi) is 5.16. The number of hydrogen-bond acceptors (Lipinski definition) is 4. The molecule has 2 aliphatic heterocycles. The van der Waals surface area contributed by atoms with E-state index in [1.54, 1.807) is 6.26 Å². The maximum Gasteiger partial charge on any atom is 0.254 e. The van der Waals surface area contributed by atoms with Crippen molar-refractivity contribution < 1.29 is 18.5 Å². The smallest absolute Gasteiger partial charge is 0.254 e. The molecule has 4 rings (SSSR count).